The van der Waals surface area contributed by atoms with E-state index in [0.717, 1.165) is 17.2 Å². The maximum Gasteiger partial charge on any atom is 0.126 e. The summed E-state index contributed by atoms with van der Waals surface area (Å²) in [7, 11) is 0. The summed E-state index contributed by atoms with van der Waals surface area (Å²) in [6.45, 7) is 3.51. The number of hydrogen-bond acceptors (Lipinski definition) is 3. The van der Waals surface area contributed by atoms with E-state index < -0.39 is 0 Å². The molecule has 88 valence electrons. The predicted octanol–water partition coefficient (Wildman–Crippen LogP) is 2.60. The second-order valence-electron chi connectivity index (χ2n) is 4.12. The Labute approximate surface area is 100 Å². The third kappa shape index (κ3) is 3.39. The van der Waals surface area contributed by atoms with Gasteiger partial charge in [0.2, 0.25) is 0 Å². The van der Waals surface area contributed by atoms with E-state index in [9.17, 15) is 4.39 Å². The van der Waals surface area contributed by atoms with Crippen molar-refractivity contribution in [1.29, 1.82) is 0 Å². The van der Waals surface area contributed by atoms with Gasteiger partial charge < -0.3 is 10.6 Å². The lowest BCUT2D eigenvalue weighted by Gasteiger charge is -2.13. The Bertz CT molecular complexity index is 331. The van der Waals surface area contributed by atoms with Gasteiger partial charge in [-0.2, -0.15) is 0 Å². The highest BCUT2D eigenvalue weighted by Crippen LogP contribution is 2.22. The summed E-state index contributed by atoms with van der Waals surface area (Å²) >= 11 is 1.67. The highest BCUT2D eigenvalue weighted by molar-refractivity contribution is 7.99. The molecule has 0 radical (unpaired) electrons. The van der Waals surface area contributed by atoms with Gasteiger partial charge in [0.15, 0.2) is 0 Å². The number of anilines is 1. The minimum atomic E-state index is -0.247. The third-order valence-electron chi connectivity index (χ3n) is 2.77. The number of rotatable bonds is 4. The van der Waals surface area contributed by atoms with Crippen LogP contribution in [-0.2, 0) is 0 Å². The fraction of sp³-hybridized carbons (Fsp3) is 0.500. The lowest BCUT2D eigenvalue weighted by Crippen LogP contribution is -2.21. The van der Waals surface area contributed by atoms with Crippen LogP contribution in [-0.4, -0.2) is 30.3 Å². The highest BCUT2D eigenvalue weighted by atomic mass is 32.2. The monoisotopic (exact) mass is 240 g/mol. The zero-order valence-corrected chi connectivity index (χ0v) is 10.1. The summed E-state index contributed by atoms with van der Waals surface area (Å²) in [6, 6.07) is 4.73. The SMILES string of the molecule is Nc1cc(F)cc(SCCN2CCCC2)c1. The molecule has 0 unspecified atom stereocenters. The van der Waals surface area contributed by atoms with E-state index in [1.165, 1.54) is 32.0 Å². The van der Waals surface area contributed by atoms with Crippen molar-refractivity contribution in [3.63, 3.8) is 0 Å². The average Bonchev–Trinajstić information content (AvgIpc) is 2.69. The summed E-state index contributed by atoms with van der Waals surface area (Å²) in [5.74, 6) is 0.756. The molecule has 1 aliphatic heterocycles. The highest BCUT2D eigenvalue weighted by Gasteiger charge is 2.10. The van der Waals surface area contributed by atoms with Gasteiger partial charge in [-0.3, -0.25) is 0 Å². The van der Waals surface area contributed by atoms with Gasteiger partial charge in [0.1, 0.15) is 5.82 Å². The van der Waals surface area contributed by atoms with Crippen molar-refractivity contribution in [2.75, 3.05) is 31.1 Å². The standard InChI is InChI=1S/C12H17FN2S/c13-10-7-11(14)9-12(8-10)16-6-5-15-3-1-2-4-15/h7-9H,1-6,14H2. The van der Waals surface area contributed by atoms with Gasteiger partial charge in [0.05, 0.1) is 0 Å². The second-order valence-corrected chi connectivity index (χ2v) is 5.29. The maximum atomic E-state index is 13.1. The third-order valence-corrected chi connectivity index (χ3v) is 3.72. The molecular formula is C12H17FN2S. The molecule has 0 bridgehead atoms. The van der Waals surface area contributed by atoms with Crippen LogP contribution in [0.5, 0.6) is 0 Å². The molecular weight excluding hydrogens is 223 g/mol. The number of likely N-dealkylation sites (tertiary alicyclic amines) is 1. The molecule has 1 aromatic rings. The van der Waals surface area contributed by atoms with Crippen LogP contribution in [0, 0.1) is 5.82 Å². The lowest BCUT2D eigenvalue weighted by molar-refractivity contribution is 0.362. The van der Waals surface area contributed by atoms with Gasteiger partial charge >= 0.3 is 0 Å². The van der Waals surface area contributed by atoms with E-state index in [4.69, 9.17) is 5.73 Å². The van der Waals surface area contributed by atoms with Gasteiger partial charge in [-0.1, -0.05) is 0 Å². The Morgan fingerprint density at radius 3 is 2.69 bits per heavy atom. The van der Waals surface area contributed by atoms with Crippen LogP contribution in [0.1, 0.15) is 12.8 Å². The first-order chi connectivity index (χ1) is 7.74. The molecule has 2 N–H and O–H groups in total. The molecule has 0 aromatic heterocycles. The minimum absolute atomic E-state index is 0.247. The van der Waals surface area contributed by atoms with Crippen LogP contribution in [0.15, 0.2) is 23.1 Å². The molecule has 1 aromatic carbocycles. The number of thioether (sulfide) groups is 1. The molecule has 1 heterocycles. The van der Waals surface area contributed by atoms with Gasteiger partial charge in [0.25, 0.3) is 0 Å². The largest absolute Gasteiger partial charge is 0.399 e. The van der Waals surface area contributed by atoms with Crippen molar-refractivity contribution in [2.45, 2.75) is 17.7 Å². The van der Waals surface area contributed by atoms with Gasteiger partial charge in [-0.05, 0) is 44.1 Å². The summed E-state index contributed by atoms with van der Waals surface area (Å²) < 4.78 is 13.1. The molecule has 4 heteroatoms. The Morgan fingerprint density at radius 1 is 1.25 bits per heavy atom. The molecule has 1 aliphatic rings. The van der Waals surface area contributed by atoms with Crippen molar-refractivity contribution in [3.05, 3.63) is 24.0 Å². The lowest BCUT2D eigenvalue weighted by atomic mass is 10.3. The van der Waals surface area contributed by atoms with E-state index in [0.29, 0.717) is 5.69 Å². The molecule has 0 amide bonds. The molecule has 0 aliphatic carbocycles. The molecule has 0 spiro atoms. The van der Waals surface area contributed by atoms with E-state index >= 15 is 0 Å². The first-order valence-corrected chi connectivity index (χ1v) is 6.64. The van der Waals surface area contributed by atoms with E-state index in [-0.39, 0.29) is 5.82 Å². The summed E-state index contributed by atoms with van der Waals surface area (Å²) in [5.41, 5.74) is 6.09. The molecule has 0 saturated carbocycles. The molecule has 16 heavy (non-hydrogen) atoms. The Morgan fingerprint density at radius 2 is 2.00 bits per heavy atom. The topological polar surface area (TPSA) is 29.3 Å². The zero-order valence-electron chi connectivity index (χ0n) is 9.29. The van der Waals surface area contributed by atoms with Crippen LogP contribution in [0.25, 0.3) is 0 Å². The van der Waals surface area contributed by atoms with Crippen LogP contribution in [0.3, 0.4) is 0 Å². The van der Waals surface area contributed by atoms with Gasteiger partial charge in [-0.25, -0.2) is 4.39 Å². The van der Waals surface area contributed by atoms with E-state index in [2.05, 4.69) is 4.90 Å². The second kappa shape index (κ2) is 5.55. The molecule has 2 nitrogen and oxygen atoms in total. The van der Waals surface area contributed by atoms with Crippen molar-refractivity contribution in [1.82, 2.24) is 4.90 Å². The number of benzene rings is 1. The number of nitrogens with zero attached hydrogens (tertiary/aromatic N) is 1. The van der Waals surface area contributed by atoms with Crippen LogP contribution in [0.4, 0.5) is 10.1 Å². The normalized spacial score (nSPS) is 16.8. The Hall–Kier alpha value is -0.740. The van der Waals surface area contributed by atoms with Gasteiger partial charge in [0, 0.05) is 22.9 Å². The van der Waals surface area contributed by atoms with Crippen molar-refractivity contribution < 1.29 is 4.39 Å². The molecule has 2 rings (SSSR count). The maximum absolute atomic E-state index is 13.1. The predicted molar refractivity (Wildman–Crippen MR) is 67.2 cm³/mol. The first-order valence-electron chi connectivity index (χ1n) is 5.65. The Balaban J connectivity index is 1.80. The van der Waals surface area contributed by atoms with Crippen LogP contribution in [0.2, 0.25) is 0 Å². The van der Waals surface area contributed by atoms with Crippen molar-refractivity contribution in [3.8, 4) is 0 Å². The summed E-state index contributed by atoms with van der Waals surface area (Å²) in [4.78, 5) is 3.38. The summed E-state index contributed by atoms with van der Waals surface area (Å²) in [5, 5.41) is 0. The number of hydrogen-bond donors (Lipinski definition) is 1. The van der Waals surface area contributed by atoms with E-state index in [1.54, 1.807) is 17.8 Å². The Kier molecular flexibility index (Phi) is 4.07. The zero-order chi connectivity index (χ0) is 11.4. The summed E-state index contributed by atoms with van der Waals surface area (Å²) in [6.07, 6.45) is 2.63. The number of nitrogen functional groups attached to an aromatic ring is 1. The first kappa shape index (κ1) is 11.7. The van der Waals surface area contributed by atoms with Crippen LogP contribution >= 0.6 is 11.8 Å². The van der Waals surface area contributed by atoms with Gasteiger partial charge in [-0.15, -0.1) is 11.8 Å². The molecule has 1 fully saturated rings. The molecule has 0 atom stereocenters. The van der Waals surface area contributed by atoms with Crippen LogP contribution < -0.4 is 5.73 Å². The number of halogens is 1. The van der Waals surface area contributed by atoms with Crippen molar-refractivity contribution in [2.24, 2.45) is 0 Å². The smallest absolute Gasteiger partial charge is 0.126 e. The quantitative estimate of drug-likeness (QED) is 0.648. The van der Waals surface area contributed by atoms with E-state index in [1.807, 2.05) is 6.07 Å². The fourth-order valence-corrected chi connectivity index (χ4v) is 2.97. The fourth-order valence-electron chi connectivity index (χ4n) is 1.97. The average molecular weight is 240 g/mol. The minimum Gasteiger partial charge on any atom is -0.399 e. The number of nitrogens with two attached hydrogens (primary N) is 1. The van der Waals surface area contributed by atoms with Crippen molar-refractivity contribution >= 4 is 17.4 Å². The molecule has 1 saturated heterocycles.